The molecule has 0 saturated heterocycles. The molecule has 1 heterocycles. The Kier molecular flexibility index (Phi) is 2.01. The lowest BCUT2D eigenvalue weighted by atomic mass is 10.3. The molecular formula is C8H15NOS. The molecule has 64 valence electrons. The Hall–Kier alpha value is -0.440. The lowest BCUT2D eigenvalue weighted by Gasteiger charge is -2.21. The molecule has 1 aromatic rings. The van der Waals surface area contributed by atoms with Crippen LogP contribution < -0.4 is 0 Å². The van der Waals surface area contributed by atoms with E-state index in [9.17, 15) is 0 Å². The van der Waals surface area contributed by atoms with Gasteiger partial charge in [-0.15, -0.1) is 0 Å². The van der Waals surface area contributed by atoms with Gasteiger partial charge in [-0.1, -0.05) is 5.16 Å². The molecule has 0 spiro atoms. The summed E-state index contributed by atoms with van der Waals surface area (Å²) in [5.74, 6) is 0. The molecule has 0 atom stereocenters. The van der Waals surface area contributed by atoms with E-state index in [0.29, 0.717) is 0 Å². The minimum absolute atomic E-state index is 0.742. The maximum Gasteiger partial charge on any atom is 0.178 e. The van der Waals surface area contributed by atoms with Crippen LogP contribution in [0.1, 0.15) is 11.3 Å². The van der Waals surface area contributed by atoms with Gasteiger partial charge >= 0.3 is 0 Å². The third-order valence-electron chi connectivity index (χ3n) is 1.67. The van der Waals surface area contributed by atoms with Crippen LogP contribution in [0, 0.1) is 13.8 Å². The zero-order chi connectivity index (χ0) is 8.65. The van der Waals surface area contributed by atoms with Gasteiger partial charge < -0.3 is 4.52 Å². The Bertz CT molecular complexity index is 260. The van der Waals surface area contributed by atoms with Crippen LogP contribution in [0.5, 0.6) is 0 Å². The number of aryl methyl sites for hydroxylation is 1. The highest BCUT2D eigenvalue weighted by Gasteiger charge is 2.17. The summed E-state index contributed by atoms with van der Waals surface area (Å²) in [4.78, 5) is 0. The zero-order valence-corrected chi connectivity index (χ0v) is 8.58. The summed E-state index contributed by atoms with van der Waals surface area (Å²) >= 11 is 0. The van der Waals surface area contributed by atoms with E-state index >= 15 is 0 Å². The smallest absolute Gasteiger partial charge is 0.178 e. The van der Waals surface area contributed by atoms with Gasteiger partial charge in [0.2, 0.25) is 0 Å². The molecular weight excluding hydrogens is 158 g/mol. The molecule has 0 fully saturated rings. The van der Waals surface area contributed by atoms with Gasteiger partial charge in [0.15, 0.2) is 5.09 Å². The molecule has 0 unspecified atom stereocenters. The Balaban J connectivity index is 3.15. The van der Waals surface area contributed by atoms with Crippen LogP contribution in [0.25, 0.3) is 0 Å². The van der Waals surface area contributed by atoms with Crippen molar-refractivity contribution >= 4 is 10.0 Å². The summed E-state index contributed by atoms with van der Waals surface area (Å²) in [6.07, 6.45) is 6.62. The van der Waals surface area contributed by atoms with Crippen molar-refractivity contribution < 1.29 is 4.52 Å². The van der Waals surface area contributed by atoms with Crippen LogP contribution in [-0.2, 0) is 0 Å². The van der Waals surface area contributed by atoms with Crippen LogP contribution >= 0.6 is 10.0 Å². The number of aromatic nitrogens is 1. The fraction of sp³-hybridized carbons (Fsp3) is 0.625. The fourth-order valence-corrected chi connectivity index (χ4v) is 2.29. The van der Waals surface area contributed by atoms with E-state index < -0.39 is 10.0 Å². The van der Waals surface area contributed by atoms with Crippen LogP contribution in [0.15, 0.2) is 9.62 Å². The zero-order valence-electron chi connectivity index (χ0n) is 7.76. The highest BCUT2D eigenvalue weighted by atomic mass is 32.3. The predicted octanol–water partition coefficient (Wildman–Crippen LogP) is 2.34. The van der Waals surface area contributed by atoms with Crippen LogP contribution in [0.2, 0.25) is 0 Å². The predicted molar refractivity (Wildman–Crippen MR) is 49.6 cm³/mol. The van der Waals surface area contributed by atoms with Gasteiger partial charge in [-0.05, 0) is 32.6 Å². The molecule has 1 aromatic heterocycles. The topological polar surface area (TPSA) is 26.0 Å². The van der Waals surface area contributed by atoms with E-state index in [1.165, 1.54) is 5.56 Å². The molecule has 11 heavy (non-hydrogen) atoms. The Morgan fingerprint density at radius 3 is 1.91 bits per heavy atom. The Morgan fingerprint density at radius 1 is 1.18 bits per heavy atom. The lowest BCUT2D eigenvalue weighted by Crippen LogP contribution is -1.92. The van der Waals surface area contributed by atoms with Gasteiger partial charge in [0.25, 0.3) is 0 Å². The molecule has 0 aromatic carbocycles. The first-order valence-corrected chi connectivity index (χ1v) is 6.40. The first-order valence-electron chi connectivity index (χ1n) is 3.54. The summed E-state index contributed by atoms with van der Waals surface area (Å²) in [6.45, 7) is 4.05. The van der Waals surface area contributed by atoms with Crippen LogP contribution in [0.3, 0.4) is 0 Å². The first kappa shape index (κ1) is 8.65. The third-order valence-corrected chi connectivity index (χ3v) is 3.16. The Morgan fingerprint density at radius 2 is 1.73 bits per heavy atom. The van der Waals surface area contributed by atoms with Crippen molar-refractivity contribution in [2.45, 2.75) is 18.9 Å². The maximum atomic E-state index is 5.25. The molecule has 1 rings (SSSR count). The average Bonchev–Trinajstić information content (AvgIpc) is 2.11. The third kappa shape index (κ3) is 1.59. The second-order valence-electron chi connectivity index (χ2n) is 3.52. The fourth-order valence-electron chi connectivity index (χ4n) is 0.966. The first-order chi connectivity index (χ1) is 4.93. The van der Waals surface area contributed by atoms with E-state index in [1.54, 1.807) is 0 Å². The van der Waals surface area contributed by atoms with Crippen molar-refractivity contribution in [2.75, 3.05) is 18.8 Å². The minimum Gasteiger partial charge on any atom is -0.351 e. The van der Waals surface area contributed by atoms with E-state index in [-0.39, 0.29) is 0 Å². The van der Waals surface area contributed by atoms with E-state index in [4.69, 9.17) is 4.52 Å². The van der Waals surface area contributed by atoms with E-state index in [0.717, 1.165) is 10.8 Å². The summed E-state index contributed by atoms with van der Waals surface area (Å²) < 4.78 is 5.25. The van der Waals surface area contributed by atoms with Crippen molar-refractivity contribution in [2.24, 2.45) is 0 Å². The standard InChI is InChI=1S/C8H15NOS/c1-6-7(2)9-10-8(6)11(3,4)5/h1-5H3. The summed E-state index contributed by atoms with van der Waals surface area (Å²) in [7, 11) is -0.742. The Labute approximate surface area is 69.3 Å². The van der Waals surface area contributed by atoms with Gasteiger partial charge in [0, 0.05) is 5.56 Å². The highest BCUT2D eigenvalue weighted by molar-refractivity contribution is 8.32. The van der Waals surface area contributed by atoms with E-state index in [2.05, 4.69) is 30.8 Å². The quantitative estimate of drug-likeness (QED) is 0.651. The summed E-state index contributed by atoms with van der Waals surface area (Å²) in [5.41, 5.74) is 2.23. The van der Waals surface area contributed by atoms with Crippen molar-refractivity contribution in [3.63, 3.8) is 0 Å². The van der Waals surface area contributed by atoms with Crippen molar-refractivity contribution in [3.05, 3.63) is 11.3 Å². The average molecular weight is 173 g/mol. The number of rotatable bonds is 1. The van der Waals surface area contributed by atoms with Gasteiger partial charge in [-0.25, -0.2) is 0 Å². The maximum absolute atomic E-state index is 5.25. The molecule has 0 aliphatic rings. The number of hydrogen-bond donors (Lipinski definition) is 0. The van der Waals surface area contributed by atoms with Crippen LogP contribution in [0.4, 0.5) is 0 Å². The number of hydrogen-bond acceptors (Lipinski definition) is 2. The summed E-state index contributed by atoms with van der Waals surface area (Å²) in [5, 5.41) is 5.01. The molecule has 0 bridgehead atoms. The lowest BCUT2D eigenvalue weighted by molar-refractivity contribution is 0.343. The summed E-state index contributed by atoms with van der Waals surface area (Å²) in [6, 6.07) is 0. The second-order valence-corrected chi connectivity index (χ2v) is 7.56. The molecule has 0 radical (unpaired) electrons. The van der Waals surface area contributed by atoms with Crippen LogP contribution in [-0.4, -0.2) is 23.9 Å². The molecule has 3 heteroatoms. The van der Waals surface area contributed by atoms with Gasteiger partial charge in [0.1, 0.15) is 0 Å². The van der Waals surface area contributed by atoms with Crippen molar-refractivity contribution in [1.82, 2.24) is 5.16 Å². The number of nitrogens with zero attached hydrogens (tertiary/aromatic N) is 1. The SMILES string of the molecule is Cc1noc(S(C)(C)C)c1C. The molecule has 0 aliphatic carbocycles. The highest BCUT2D eigenvalue weighted by Crippen LogP contribution is 2.47. The van der Waals surface area contributed by atoms with E-state index in [1.807, 2.05) is 6.92 Å². The van der Waals surface area contributed by atoms with Gasteiger partial charge in [-0.2, -0.15) is 10.0 Å². The normalized spacial score (nSPS) is 13.5. The van der Waals surface area contributed by atoms with Gasteiger partial charge in [0.05, 0.1) is 5.69 Å². The van der Waals surface area contributed by atoms with Crippen molar-refractivity contribution in [1.29, 1.82) is 0 Å². The minimum atomic E-state index is -0.742. The molecule has 0 saturated carbocycles. The van der Waals surface area contributed by atoms with Gasteiger partial charge in [-0.3, -0.25) is 0 Å². The molecule has 0 N–H and O–H groups in total. The molecule has 0 aliphatic heterocycles. The molecule has 0 amide bonds. The largest absolute Gasteiger partial charge is 0.351 e. The van der Waals surface area contributed by atoms with Crippen molar-refractivity contribution in [3.8, 4) is 0 Å². The molecule has 2 nitrogen and oxygen atoms in total. The second kappa shape index (κ2) is 2.55. The monoisotopic (exact) mass is 173 g/mol.